The minimum Gasteiger partial charge on any atom is -0.364 e. The fourth-order valence-corrected chi connectivity index (χ4v) is 2.18. The summed E-state index contributed by atoms with van der Waals surface area (Å²) in [5.41, 5.74) is 1.04. The fraction of sp³-hybridized carbons (Fsp3) is 0.222. The van der Waals surface area contributed by atoms with Crippen LogP contribution < -0.4 is 5.32 Å². The van der Waals surface area contributed by atoms with E-state index in [4.69, 9.17) is 21.1 Å². The number of benzene rings is 2. The Morgan fingerprint density at radius 3 is 2.23 bits per heavy atom. The Labute approximate surface area is 156 Å². The van der Waals surface area contributed by atoms with E-state index >= 15 is 0 Å². The molecule has 2 aromatic rings. The van der Waals surface area contributed by atoms with Crippen molar-refractivity contribution in [1.82, 2.24) is 0 Å². The van der Waals surface area contributed by atoms with Crippen LogP contribution in [0.25, 0.3) is 0 Å². The number of azo groups is 1. The first kappa shape index (κ1) is 19.7. The summed E-state index contributed by atoms with van der Waals surface area (Å²) in [6.45, 7) is 0. The van der Waals surface area contributed by atoms with E-state index in [1.54, 1.807) is 48.5 Å². The number of ether oxygens (including phenoxy) is 2. The van der Waals surface area contributed by atoms with Crippen molar-refractivity contribution >= 4 is 34.7 Å². The van der Waals surface area contributed by atoms with E-state index in [1.165, 1.54) is 14.2 Å². The third-order valence-electron chi connectivity index (χ3n) is 3.34. The lowest BCUT2D eigenvalue weighted by molar-refractivity contribution is -0.145. The van der Waals surface area contributed by atoms with E-state index in [9.17, 15) is 9.59 Å². The molecule has 2 atom stereocenters. The van der Waals surface area contributed by atoms with Crippen molar-refractivity contribution in [3.05, 3.63) is 59.6 Å². The summed E-state index contributed by atoms with van der Waals surface area (Å²) in [6, 6.07) is 15.3. The number of hydrogen-bond acceptors (Lipinski definition) is 6. The van der Waals surface area contributed by atoms with Crippen molar-refractivity contribution in [2.75, 3.05) is 19.5 Å². The van der Waals surface area contributed by atoms with E-state index < -0.39 is 24.0 Å². The first-order chi connectivity index (χ1) is 12.5. The van der Waals surface area contributed by atoms with Gasteiger partial charge in [-0.05, 0) is 36.4 Å². The number of halogens is 1. The first-order valence-corrected chi connectivity index (χ1v) is 8.04. The van der Waals surface area contributed by atoms with Gasteiger partial charge in [-0.1, -0.05) is 29.8 Å². The number of hydrogen-bond donors (Lipinski definition) is 1. The second-order valence-corrected chi connectivity index (χ2v) is 5.59. The molecule has 1 amide bonds. The van der Waals surface area contributed by atoms with Crippen LogP contribution in [0.4, 0.5) is 11.4 Å². The maximum atomic E-state index is 12.5. The molecule has 0 aliphatic carbocycles. The summed E-state index contributed by atoms with van der Waals surface area (Å²) in [4.78, 5) is 24.9. The Balaban J connectivity index is 2.08. The Morgan fingerprint density at radius 2 is 1.65 bits per heavy atom. The molecule has 0 saturated carbocycles. The van der Waals surface area contributed by atoms with Crippen molar-refractivity contribution in [1.29, 1.82) is 0 Å². The zero-order valence-electron chi connectivity index (χ0n) is 14.3. The van der Waals surface area contributed by atoms with E-state index in [0.717, 1.165) is 0 Å². The van der Waals surface area contributed by atoms with Crippen LogP contribution in [0, 0.1) is 0 Å². The van der Waals surface area contributed by atoms with Gasteiger partial charge >= 0.3 is 0 Å². The molecule has 0 aromatic heterocycles. The van der Waals surface area contributed by atoms with Crippen molar-refractivity contribution in [2.24, 2.45) is 10.2 Å². The highest BCUT2D eigenvalue weighted by Crippen LogP contribution is 2.16. The summed E-state index contributed by atoms with van der Waals surface area (Å²) in [7, 11) is 2.56. The minimum absolute atomic E-state index is 0.481. The van der Waals surface area contributed by atoms with Crippen LogP contribution in [-0.4, -0.2) is 38.2 Å². The molecule has 0 aliphatic rings. The van der Waals surface area contributed by atoms with Gasteiger partial charge in [0.25, 0.3) is 5.91 Å². The Kier molecular flexibility index (Phi) is 7.40. The van der Waals surface area contributed by atoms with Crippen molar-refractivity contribution in [3.8, 4) is 0 Å². The second-order valence-electron chi connectivity index (χ2n) is 5.15. The Hall–Kier alpha value is -2.61. The molecule has 2 rings (SSSR count). The van der Waals surface area contributed by atoms with E-state index in [0.29, 0.717) is 16.4 Å². The predicted molar refractivity (Wildman–Crippen MR) is 97.6 cm³/mol. The average molecular weight is 376 g/mol. The largest absolute Gasteiger partial charge is 0.364 e. The van der Waals surface area contributed by atoms with Crippen molar-refractivity contribution in [2.45, 2.75) is 12.3 Å². The quantitative estimate of drug-likeness (QED) is 0.563. The first-order valence-electron chi connectivity index (χ1n) is 7.67. The lowest BCUT2D eigenvalue weighted by atomic mass is 10.2. The molecule has 0 fully saturated rings. The van der Waals surface area contributed by atoms with Gasteiger partial charge in [-0.3, -0.25) is 9.59 Å². The summed E-state index contributed by atoms with van der Waals surface area (Å²) in [5.74, 6) is -1.31. The van der Waals surface area contributed by atoms with Gasteiger partial charge < -0.3 is 14.8 Å². The van der Waals surface area contributed by atoms with Gasteiger partial charge in [-0.15, -0.1) is 5.11 Å². The van der Waals surface area contributed by atoms with Gasteiger partial charge in [0.1, 0.15) is 0 Å². The van der Waals surface area contributed by atoms with Gasteiger partial charge in [0.2, 0.25) is 12.0 Å². The zero-order chi connectivity index (χ0) is 18.9. The van der Waals surface area contributed by atoms with Crippen molar-refractivity contribution in [3.63, 3.8) is 0 Å². The van der Waals surface area contributed by atoms with E-state index in [-0.39, 0.29) is 0 Å². The van der Waals surface area contributed by atoms with Gasteiger partial charge in [-0.25, -0.2) is 0 Å². The van der Waals surface area contributed by atoms with Gasteiger partial charge in [0, 0.05) is 24.9 Å². The van der Waals surface area contributed by atoms with Crippen LogP contribution in [0.3, 0.4) is 0 Å². The molecule has 0 bridgehead atoms. The van der Waals surface area contributed by atoms with Crippen LogP contribution >= 0.6 is 11.6 Å². The predicted octanol–water partition coefficient (Wildman–Crippen LogP) is 3.62. The van der Waals surface area contributed by atoms with Crippen LogP contribution in [0.5, 0.6) is 0 Å². The van der Waals surface area contributed by atoms with Gasteiger partial charge in [-0.2, -0.15) is 5.11 Å². The Morgan fingerprint density at radius 1 is 1.00 bits per heavy atom. The Bertz CT molecular complexity index is 766. The number of nitrogens with one attached hydrogen (secondary N) is 1. The maximum Gasteiger partial charge on any atom is 0.261 e. The molecule has 26 heavy (non-hydrogen) atoms. The average Bonchev–Trinajstić information content (AvgIpc) is 2.65. The number of rotatable bonds is 8. The molecule has 0 radical (unpaired) electrons. The van der Waals surface area contributed by atoms with Crippen LogP contribution in [0.1, 0.15) is 0 Å². The standard InChI is InChI=1S/C18H18ClN3O4/c1-25-16(17(24)20-13-10-8-12(19)9-11-13)15(23)18(26-2)22-21-14-6-4-3-5-7-14/h3-11,16,18H,1-2H3,(H,20,24). The number of carbonyl (C=O) groups is 2. The smallest absolute Gasteiger partial charge is 0.261 e. The molecule has 8 heteroatoms. The molecule has 136 valence electrons. The topological polar surface area (TPSA) is 89.3 Å². The minimum atomic E-state index is -1.40. The molecule has 0 spiro atoms. The van der Waals surface area contributed by atoms with Gasteiger partial charge in [0.05, 0.1) is 5.69 Å². The number of ketones is 1. The fourth-order valence-electron chi connectivity index (χ4n) is 2.06. The van der Waals surface area contributed by atoms with Gasteiger partial charge in [0.15, 0.2) is 6.10 Å². The molecule has 2 aromatic carbocycles. The summed E-state index contributed by atoms with van der Waals surface area (Å²) < 4.78 is 10.1. The summed E-state index contributed by atoms with van der Waals surface area (Å²) >= 11 is 5.80. The highest BCUT2D eigenvalue weighted by molar-refractivity contribution is 6.30. The SMILES string of the molecule is COC(N=Nc1ccccc1)C(=O)C(OC)C(=O)Nc1ccc(Cl)cc1. The lowest BCUT2D eigenvalue weighted by Crippen LogP contribution is -2.42. The maximum absolute atomic E-state index is 12.5. The summed E-state index contributed by atoms with van der Waals surface area (Å²) in [6.07, 6.45) is -2.67. The molecular formula is C18H18ClN3O4. The molecule has 2 unspecified atom stereocenters. The number of carbonyl (C=O) groups excluding carboxylic acids is 2. The van der Waals surface area contributed by atoms with Crippen LogP contribution in [0.15, 0.2) is 64.8 Å². The van der Waals surface area contributed by atoms with Crippen LogP contribution in [-0.2, 0) is 19.1 Å². The molecule has 0 saturated heterocycles. The summed E-state index contributed by atoms with van der Waals surface area (Å²) in [5, 5.41) is 10.9. The number of methoxy groups -OCH3 is 2. The number of amides is 1. The number of Topliss-reactive ketones (excluding diaryl/α,β-unsaturated/α-hetero) is 1. The number of anilines is 1. The highest BCUT2D eigenvalue weighted by atomic mass is 35.5. The zero-order valence-corrected chi connectivity index (χ0v) is 15.0. The number of nitrogens with zero attached hydrogens (tertiary/aromatic N) is 2. The van der Waals surface area contributed by atoms with Crippen molar-refractivity contribution < 1.29 is 19.1 Å². The molecule has 7 nitrogen and oxygen atoms in total. The molecule has 0 aliphatic heterocycles. The lowest BCUT2D eigenvalue weighted by Gasteiger charge is -2.17. The third kappa shape index (κ3) is 5.45. The van der Waals surface area contributed by atoms with E-state index in [1.807, 2.05) is 6.07 Å². The normalized spacial score (nSPS) is 13.3. The highest BCUT2D eigenvalue weighted by Gasteiger charge is 2.33. The molecule has 0 heterocycles. The van der Waals surface area contributed by atoms with E-state index in [2.05, 4.69) is 15.5 Å². The monoisotopic (exact) mass is 375 g/mol. The van der Waals surface area contributed by atoms with Crippen LogP contribution in [0.2, 0.25) is 5.02 Å². The second kappa shape index (κ2) is 9.76. The third-order valence-corrected chi connectivity index (χ3v) is 3.60. The molecular weight excluding hydrogens is 358 g/mol. The molecule has 1 N–H and O–H groups in total.